The number of nitrogens with zero attached hydrogens (tertiary/aromatic N) is 3. The maximum atomic E-state index is 12.8. The van der Waals surface area contributed by atoms with Crippen LogP contribution in [-0.4, -0.2) is 17.1 Å². The van der Waals surface area contributed by atoms with Crippen molar-refractivity contribution in [2.75, 3.05) is 11.9 Å². The molecule has 0 bridgehead atoms. The highest BCUT2D eigenvalue weighted by Crippen LogP contribution is 2.26. The van der Waals surface area contributed by atoms with Gasteiger partial charge in [0.1, 0.15) is 17.4 Å². The van der Waals surface area contributed by atoms with Gasteiger partial charge >= 0.3 is 0 Å². The largest absolute Gasteiger partial charge is 0.494 e. The fourth-order valence-corrected chi connectivity index (χ4v) is 3.80. The highest BCUT2D eigenvalue weighted by molar-refractivity contribution is 6.10. The number of ether oxygens (including phenoxy) is 1. The molecule has 3 aromatic carbocycles. The van der Waals surface area contributed by atoms with E-state index in [0.29, 0.717) is 30.2 Å². The first kappa shape index (κ1) is 22.4. The Morgan fingerprint density at radius 1 is 1.06 bits per heavy atom. The second kappa shape index (κ2) is 10.2. The van der Waals surface area contributed by atoms with E-state index < -0.39 is 5.91 Å². The van der Waals surface area contributed by atoms with Gasteiger partial charge in [-0.25, -0.2) is 0 Å². The molecule has 6 nitrogen and oxygen atoms in total. The maximum absolute atomic E-state index is 12.8. The first-order chi connectivity index (χ1) is 16.6. The molecule has 1 aromatic heterocycles. The van der Waals surface area contributed by atoms with Crippen molar-refractivity contribution >= 4 is 28.6 Å². The number of benzene rings is 3. The summed E-state index contributed by atoms with van der Waals surface area (Å²) >= 11 is 0. The summed E-state index contributed by atoms with van der Waals surface area (Å²) in [6.07, 6.45) is 3.50. The summed E-state index contributed by atoms with van der Waals surface area (Å²) in [6, 6.07) is 26.5. The predicted octanol–water partition coefficient (Wildman–Crippen LogP) is 5.51. The Labute approximate surface area is 197 Å². The SMILES string of the molecule is CCOc1cccc(NC(=O)C(C#N)=Cc2cn(Cc3ccccc3C#N)c3ccccc23)c1. The summed E-state index contributed by atoms with van der Waals surface area (Å²) in [6.45, 7) is 2.90. The zero-order chi connectivity index (χ0) is 23.9. The quantitative estimate of drug-likeness (QED) is 0.299. The fraction of sp³-hybridized carbons (Fsp3) is 0.107. The summed E-state index contributed by atoms with van der Waals surface area (Å²) < 4.78 is 7.50. The molecule has 0 aliphatic rings. The minimum Gasteiger partial charge on any atom is -0.494 e. The lowest BCUT2D eigenvalue weighted by atomic mass is 10.1. The minimum atomic E-state index is -0.497. The molecule has 0 aliphatic heterocycles. The molecule has 1 amide bonds. The molecule has 166 valence electrons. The average molecular weight is 447 g/mol. The molecule has 0 saturated carbocycles. The number of amides is 1. The van der Waals surface area contributed by atoms with Crippen molar-refractivity contribution in [3.05, 3.63) is 101 Å². The van der Waals surface area contributed by atoms with E-state index in [1.165, 1.54) is 0 Å². The third-order valence-electron chi connectivity index (χ3n) is 5.37. The van der Waals surface area contributed by atoms with Crippen molar-refractivity contribution in [3.8, 4) is 17.9 Å². The molecular weight excluding hydrogens is 424 g/mol. The fourth-order valence-electron chi connectivity index (χ4n) is 3.80. The van der Waals surface area contributed by atoms with Crippen molar-refractivity contribution in [1.29, 1.82) is 10.5 Å². The van der Waals surface area contributed by atoms with E-state index in [0.717, 1.165) is 22.0 Å². The molecule has 1 heterocycles. The van der Waals surface area contributed by atoms with Crippen LogP contribution >= 0.6 is 0 Å². The van der Waals surface area contributed by atoms with Gasteiger partial charge < -0.3 is 14.6 Å². The van der Waals surface area contributed by atoms with Crippen LogP contribution in [0.4, 0.5) is 5.69 Å². The summed E-state index contributed by atoms with van der Waals surface area (Å²) in [5.74, 6) is 0.145. The molecule has 0 fully saturated rings. The Hall–Kier alpha value is -4.81. The molecule has 0 spiro atoms. The molecule has 4 aromatic rings. The van der Waals surface area contributed by atoms with Crippen LogP contribution < -0.4 is 10.1 Å². The maximum Gasteiger partial charge on any atom is 0.266 e. The third-order valence-corrected chi connectivity index (χ3v) is 5.37. The normalized spacial score (nSPS) is 11.0. The van der Waals surface area contributed by atoms with Crippen LogP contribution in [0.2, 0.25) is 0 Å². The van der Waals surface area contributed by atoms with Gasteiger partial charge in [0, 0.05) is 41.0 Å². The number of anilines is 1. The van der Waals surface area contributed by atoms with Crippen LogP contribution in [0.5, 0.6) is 5.75 Å². The van der Waals surface area contributed by atoms with E-state index in [1.54, 1.807) is 36.4 Å². The summed E-state index contributed by atoms with van der Waals surface area (Å²) in [5, 5.41) is 22.8. The van der Waals surface area contributed by atoms with Gasteiger partial charge in [-0.15, -0.1) is 0 Å². The lowest BCUT2D eigenvalue weighted by molar-refractivity contribution is -0.112. The number of para-hydroxylation sites is 1. The molecule has 4 rings (SSSR count). The zero-order valence-electron chi connectivity index (χ0n) is 18.7. The molecule has 0 atom stereocenters. The second-order valence-corrected chi connectivity index (χ2v) is 7.58. The van der Waals surface area contributed by atoms with Crippen LogP contribution in [-0.2, 0) is 11.3 Å². The van der Waals surface area contributed by atoms with Gasteiger partial charge in [0.15, 0.2) is 0 Å². The van der Waals surface area contributed by atoms with Gasteiger partial charge in [0.2, 0.25) is 0 Å². The van der Waals surface area contributed by atoms with E-state index in [-0.39, 0.29) is 5.57 Å². The number of rotatable bonds is 7. The summed E-state index contributed by atoms with van der Waals surface area (Å²) in [5.41, 5.74) is 3.75. The highest BCUT2D eigenvalue weighted by atomic mass is 16.5. The molecule has 6 heteroatoms. The van der Waals surface area contributed by atoms with E-state index in [9.17, 15) is 15.3 Å². The van der Waals surface area contributed by atoms with Crippen molar-refractivity contribution in [1.82, 2.24) is 4.57 Å². The number of carbonyl (C=O) groups excluding carboxylic acids is 1. The van der Waals surface area contributed by atoms with E-state index in [4.69, 9.17) is 4.74 Å². The van der Waals surface area contributed by atoms with Gasteiger partial charge in [-0.2, -0.15) is 10.5 Å². The predicted molar refractivity (Wildman–Crippen MR) is 132 cm³/mol. The van der Waals surface area contributed by atoms with Crippen LogP contribution in [0.25, 0.3) is 17.0 Å². The van der Waals surface area contributed by atoms with E-state index in [2.05, 4.69) is 11.4 Å². The first-order valence-corrected chi connectivity index (χ1v) is 10.8. The van der Waals surface area contributed by atoms with Crippen molar-refractivity contribution in [3.63, 3.8) is 0 Å². The Morgan fingerprint density at radius 3 is 2.65 bits per heavy atom. The van der Waals surface area contributed by atoms with Gasteiger partial charge in [-0.05, 0) is 42.8 Å². The van der Waals surface area contributed by atoms with Gasteiger partial charge in [0.05, 0.1) is 18.2 Å². The molecule has 0 saturated heterocycles. The van der Waals surface area contributed by atoms with Crippen molar-refractivity contribution in [2.45, 2.75) is 13.5 Å². The van der Waals surface area contributed by atoms with Gasteiger partial charge in [-0.1, -0.05) is 42.5 Å². The van der Waals surface area contributed by atoms with Crippen molar-refractivity contribution < 1.29 is 9.53 Å². The lowest BCUT2D eigenvalue weighted by Crippen LogP contribution is -2.13. The number of carbonyl (C=O) groups is 1. The monoisotopic (exact) mass is 446 g/mol. The number of hydrogen-bond acceptors (Lipinski definition) is 4. The van der Waals surface area contributed by atoms with Gasteiger partial charge in [0.25, 0.3) is 5.91 Å². The smallest absolute Gasteiger partial charge is 0.266 e. The Morgan fingerprint density at radius 2 is 1.85 bits per heavy atom. The van der Waals surface area contributed by atoms with E-state index >= 15 is 0 Å². The van der Waals surface area contributed by atoms with E-state index in [1.807, 2.05) is 66.2 Å². The molecule has 34 heavy (non-hydrogen) atoms. The Kier molecular flexibility index (Phi) is 6.72. The van der Waals surface area contributed by atoms with Crippen LogP contribution in [0.3, 0.4) is 0 Å². The number of nitriles is 2. The van der Waals surface area contributed by atoms with Crippen molar-refractivity contribution in [2.24, 2.45) is 0 Å². The summed E-state index contributed by atoms with van der Waals surface area (Å²) in [7, 11) is 0. The number of fused-ring (bicyclic) bond motifs is 1. The number of hydrogen-bond donors (Lipinski definition) is 1. The number of aromatic nitrogens is 1. The first-order valence-electron chi connectivity index (χ1n) is 10.8. The highest BCUT2D eigenvalue weighted by Gasteiger charge is 2.14. The third kappa shape index (κ3) is 4.82. The van der Waals surface area contributed by atoms with Gasteiger partial charge in [-0.3, -0.25) is 4.79 Å². The van der Waals surface area contributed by atoms with Crippen LogP contribution in [0, 0.1) is 22.7 Å². The molecule has 0 aliphatic carbocycles. The molecule has 0 unspecified atom stereocenters. The standard InChI is InChI=1S/C28H22N4O2/c1-2-34-25-11-7-10-24(15-25)31-28(33)22(17-30)14-23-19-32(27-13-6-5-12-26(23)27)18-21-9-4-3-8-20(21)16-29/h3-15,19H,2,18H2,1H3,(H,31,33). The minimum absolute atomic E-state index is 0.0119. The Bertz CT molecular complexity index is 1470. The lowest BCUT2D eigenvalue weighted by Gasteiger charge is -2.07. The van der Waals surface area contributed by atoms with Crippen LogP contribution in [0.15, 0.2) is 84.6 Å². The average Bonchev–Trinajstić information content (AvgIpc) is 3.20. The Balaban J connectivity index is 1.67. The molecular formula is C28H22N4O2. The summed E-state index contributed by atoms with van der Waals surface area (Å²) in [4.78, 5) is 12.8. The second-order valence-electron chi connectivity index (χ2n) is 7.58. The molecule has 0 radical (unpaired) electrons. The number of nitrogens with one attached hydrogen (secondary N) is 1. The molecule has 1 N–H and O–H groups in total. The van der Waals surface area contributed by atoms with Crippen LogP contribution in [0.1, 0.15) is 23.6 Å². The topological polar surface area (TPSA) is 90.8 Å². The zero-order valence-corrected chi connectivity index (χ0v) is 18.7.